The molecule has 1 heterocycles. The number of hydrogen-bond donors (Lipinski definition) is 2. The Balaban J connectivity index is 2.41. The average molecular weight is 412 g/mol. The number of nitrogens with zero attached hydrogens (tertiary/aromatic N) is 3. The van der Waals surface area contributed by atoms with E-state index in [1.54, 1.807) is 11.9 Å². The lowest BCUT2D eigenvalue weighted by atomic mass is 9.96. The van der Waals surface area contributed by atoms with Gasteiger partial charge in [0, 0.05) is 52.7 Å². The summed E-state index contributed by atoms with van der Waals surface area (Å²) < 4.78 is 5.51. The zero-order valence-corrected chi connectivity index (χ0v) is 19.2. The Morgan fingerprint density at radius 3 is 2.31 bits per heavy atom. The van der Waals surface area contributed by atoms with Crippen LogP contribution in [0.25, 0.3) is 0 Å². The zero-order chi connectivity index (χ0) is 21.9. The first kappa shape index (κ1) is 25.0. The van der Waals surface area contributed by atoms with Crippen molar-refractivity contribution < 1.29 is 14.3 Å². The van der Waals surface area contributed by atoms with Crippen LogP contribution < -0.4 is 10.6 Å². The smallest absolute Gasteiger partial charge is 0.410 e. The number of ether oxygens (including phenoxy) is 1. The van der Waals surface area contributed by atoms with Crippen LogP contribution in [0.5, 0.6) is 0 Å². The second kappa shape index (κ2) is 12.5. The molecule has 2 N–H and O–H groups in total. The summed E-state index contributed by atoms with van der Waals surface area (Å²) in [4.78, 5) is 32.5. The molecule has 1 aliphatic heterocycles. The van der Waals surface area contributed by atoms with Crippen molar-refractivity contribution in [2.45, 2.75) is 65.9 Å². The van der Waals surface area contributed by atoms with Gasteiger partial charge in [0.15, 0.2) is 5.96 Å². The Kier molecular flexibility index (Phi) is 10.8. The second-order valence-corrected chi connectivity index (χ2v) is 8.52. The molecule has 168 valence electrons. The van der Waals surface area contributed by atoms with E-state index in [-0.39, 0.29) is 12.0 Å². The van der Waals surface area contributed by atoms with Gasteiger partial charge in [-0.2, -0.15) is 0 Å². The van der Waals surface area contributed by atoms with E-state index in [0.29, 0.717) is 25.4 Å². The molecule has 0 radical (unpaired) electrons. The summed E-state index contributed by atoms with van der Waals surface area (Å²) in [6.07, 6.45) is 3.14. The molecule has 8 nitrogen and oxygen atoms in total. The normalized spacial score (nSPS) is 15.8. The Bertz CT molecular complexity index is 537. The van der Waals surface area contributed by atoms with Gasteiger partial charge in [-0.05, 0) is 52.9 Å². The van der Waals surface area contributed by atoms with Crippen molar-refractivity contribution >= 4 is 18.0 Å². The van der Waals surface area contributed by atoms with Gasteiger partial charge in [-0.3, -0.25) is 9.79 Å². The summed E-state index contributed by atoms with van der Waals surface area (Å²) in [5.41, 5.74) is -0.473. The molecule has 2 amide bonds. The predicted molar refractivity (Wildman–Crippen MR) is 117 cm³/mol. The highest BCUT2D eigenvalue weighted by molar-refractivity contribution is 5.81. The molecule has 1 saturated heterocycles. The lowest BCUT2D eigenvalue weighted by molar-refractivity contribution is -0.120. The van der Waals surface area contributed by atoms with Gasteiger partial charge >= 0.3 is 6.09 Å². The molecule has 0 aromatic rings. The molecule has 0 aliphatic carbocycles. The number of nitrogens with one attached hydrogen (secondary N) is 2. The number of hydrogen-bond acceptors (Lipinski definition) is 4. The molecule has 0 saturated carbocycles. The van der Waals surface area contributed by atoms with Crippen LogP contribution >= 0.6 is 0 Å². The molecule has 0 aromatic heterocycles. The molecule has 29 heavy (non-hydrogen) atoms. The molecular formula is C21H41N5O3. The van der Waals surface area contributed by atoms with E-state index >= 15 is 0 Å². The highest BCUT2D eigenvalue weighted by atomic mass is 16.6. The van der Waals surface area contributed by atoms with Crippen LogP contribution in [0.3, 0.4) is 0 Å². The standard InChI is InChI=1S/C21H41N5O3/c1-7-12-23-18(27)9-13-24-19(22-6)26-14-10-17(11-15-26)16-25(8-2)20(28)29-21(3,4)5/h17H,7-16H2,1-6H3,(H,22,24)(H,23,27). The second-order valence-electron chi connectivity index (χ2n) is 8.52. The van der Waals surface area contributed by atoms with Crippen LogP contribution in [0.2, 0.25) is 0 Å². The minimum Gasteiger partial charge on any atom is -0.444 e. The predicted octanol–water partition coefficient (Wildman–Crippen LogP) is 2.45. The van der Waals surface area contributed by atoms with Gasteiger partial charge in [0.05, 0.1) is 0 Å². The van der Waals surface area contributed by atoms with Crippen molar-refractivity contribution in [3.63, 3.8) is 0 Å². The van der Waals surface area contributed by atoms with Crippen LogP contribution in [0, 0.1) is 5.92 Å². The molecule has 1 fully saturated rings. The third-order valence-electron chi connectivity index (χ3n) is 4.85. The van der Waals surface area contributed by atoms with Crippen LogP contribution in [0.15, 0.2) is 4.99 Å². The van der Waals surface area contributed by atoms with Crippen molar-refractivity contribution in [1.82, 2.24) is 20.4 Å². The van der Waals surface area contributed by atoms with Crippen LogP contribution in [0.1, 0.15) is 60.3 Å². The number of likely N-dealkylation sites (tertiary alicyclic amines) is 1. The van der Waals surface area contributed by atoms with E-state index in [1.807, 2.05) is 34.6 Å². The first-order valence-corrected chi connectivity index (χ1v) is 10.9. The van der Waals surface area contributed by atoms with Gasteiger partial charge in [-0.15, -0.1) is 0 Å². The summed E-state index contributed by atoms with van der Waals surface area (Å²) in [5, 5.41) is 6.17. The summed E-state index contributed by atoms with van der Waals surface area (Å²) in [7, 11) is 1.77. The lowest BCUT2D eigenvalue weighted by Crippen LogP contribution is -2.48. The Morgan fingerprint density at radius 1 is 1.14 bits per heavy atom. The first-order chi connectivity index (χ1) is 13.7. The maximum absolute atomic E-state index is 12.4. The third-order valence-corrected chi connectivity index (χ3v) is 4.85. The number of carbonyl (C=O) groups is 2. The lowest BCUT2D eigenvalue weighted by Gasteiger charge is -2.36. The molecule has 1 rings (SSSR count). The summed E-state index contributed by atoms with van der Waals surface area (Å²) >= 11 is 0. The van der Waals surface area contributed by atoms with Gasteiger partial charge < -0.3 is 25.2 Å². The quantitative estimate of drug-likeness (QED) is 0.473. The largest absolute Gasteiger partial charge is 0.444 e. The number of rotatable bonds is 8. The van der Waals surface area contributed by atoms with Crippen molar-refractivity contribution in [2.24, 2.45) is 10.9 Å². The van der Waals surface area contributed by atoms with Crippen molar-refractivity contribution in [3.05, 3.63) is 0 Å². The topological polar surface area (TPSA) is 86.3 Å². The molecule has 1 aliphatic rings. The highest BCUT2D eigenvalue weighted by Crippen LogP contribution is 2.20. The number of guanidine groups is 1. The monoisotopic (exact) mass is 411 g/mol. The molecule has 8 heteroatoms. The van der Waals surface area contributed by atoms with Gasteiger partial charge in [0.1, 0.15) is 5.60 Å². The highest BCUT2D eigenvalue weighted by Gasteiger charge is 2.27. The fourth-order valence-corrected chi connectivity index (χ4v) is 3.27. The van der Waals surface area contributed by atoms with E-state index in [0.717, 1.165) is 51.4 Å². The summed E-state index contributed by atoms with van der Waals surface area (Å²) in [6, 6.07) is 0. The Labute approximate surface area is 176 Å². The van der Waals surface area contributed by atoms with E-state index < -0.39 is 5.60 Å². The fraction of sp³-hybridized carbons (Fsp3) is 0.857. The maximum Gasteiger partial charge on any atom is 0.410 e. The van der Waals surface area contributed by atoms with Gasteiger partial charge in [-0.1, -0.05) is 6.92 Å². The molecule has 0 unspecified atom stereocenters. The molecule has 0 bridgehead atoms. The molecule has 0 atom stereocenters. The summed E-state index contributed by atoms with van der Waals surface area (Å²) in [5.74, 6) is 1.36. The number of piperidine rings is 1. The van der Waals surface area contributed by atoms with Crippen LogP contribution in [0.4, 0.5) is 4.79 Å². The van der Waals surface area contributed by atoms with E-state index in [2.05, 4.69) is 20.5 Å². The van der Waals surface area contributed by atoms with Crippen molar-refractivity contribution in [3.8, 4) is 0 Å². The van der Waals surface area contributed by atoms with Crippen molar-refractivity contribution in [2.75, 3.05) is 46.3 Å². The van der Waals surface area contributed by atoms with Crippen LogP contribution in [-0.4, -0.2) is 79.7 Å². The van der Waals surface area contributed by atoms with E-state index in [4.69, 9.17) is 4.74 Å². The molecule has 0 aromatic carbocycles. The minimum atomic E-state index is -0.473. The fourth-order valence-electron chi connectivity index (χ4n) is 3.27. The zero-order valence-electron chi connectivity index (χ0n) is 19.2. The third kappa shape index (κ3) is 9.85. The number of amides is 2. The van der Waals surface area contributed by atoms with Gasteiger partial charge in [-0.25, -0.2) is 4.79 Å². The molecule has 0 spiro atoms. The Morgan fingerprint density at radius 2 is 1.79 bits per heavy atom. The maximum atomic E-state index is 12.4. The van der Waals surface area contributed by atoms with E-state index in [1.165, 1.54) is 0 Å². The first-order valence-electron chi connectivity index (χ1n) is 10.9. The van der Waals surface area contributed by atoms with Crippen LogP contribution in [-0.2, 0) is 9.53 Å². The van der Waals surface area contributed by atoms with E-state index in [9.17, 15) is 9.59 Å². The Hall–Kier alpha value is -1.99. The number of carbonyl (C=O) groups excluding carboxylic acids is 2. The SMILES string of the molecule is CCCNC(=O)CCNC(=NC)N1CCC(CN(CC)C(=O)OC(C)(C)C)CC1. The molecular weight excluding hydrogens is 370 g/mol. The van der Waals surface area contributed by atoms with Gasteiger partial charge in [0.25, 0.3) is 0 Å². The average Bonchev–Trinajstić information content (AvgIpc) is 2.67. The van der Waals surface area contributed by atoms with Gasteiger partial charge in [0.2, 0.25) is 5.91 Å². The number of aliphatic imine (C=N–C) groups is 1. The summed E-state index contributed by atoms with van der Waals surface area (Å²) in [6.45, 7) is 14.1. The minimum absolute atomic E-state index is 0.0651. The van der Waals surface area contributed by atoms with Crippen molar-refractivity contribution in [1.29, 1.82) is 0 Å².